The predicted octanol–water partition coefficient (Wildman–Crippen LogP) is 3.78. The Labute approximate surface area is 201 Å². The lowest BCUT2D eigenvalue weighted by atomic mass is 9.96. The van der Waals surface area contributed by atoms with Crippen LogP contribution < -0.4 is 18.9 Å². The number of hydrogen-bond donors (Lipinski definition) is 0. The van der Waals surface area contributed by atoms with Crippen molar-refractivity contribution in [2.75, 3.05) is 53.7 Å². The quantitative estimate of drug-likeness (QED) is 0.619. The van der Waals surface area contributed by atoms with Gasteiger partial charge >= 0.3 is 0 Å². The van der Waals surface area contributed by atoms with Gasteiger partial charge in [0.15, 0.2) is 23.0 Å². The SMILES string of the molecule is COc1ccc(CCN2CCCCC(CN3CCc4cc5c(cc4C3=O)OCO5)C2)cc1OC. The number of hydrogen-bond acceptors (Lipinski definition) is 6. The second-order valence-electron chi connectivity index (χ2n) is 9.47. The average molecular weight is 467 g/mol. The molecule has 1 amide bonds. The topological polar surface area (TPSA) is 60.5 Å². The van der Waals surface area contributed by atoms with Crippen molar-refractivity contribution in [3.63, 3.8) is 0 Å². The Kier molecular flexibility index (Phi) is 6.81. The number of carbonyl (C=O) groups excluding carboxylic acids is 1. The molecule has 0 radical (unpaired) electrons. The average Bonchev–Trinajstić information content (AvgIpc) is 3.20. The Morgan fingerprint density at radius 3 is 2.65 bits per heavy atom. The number of fused-ring (bicyclic) bond motifs is 2. The lowest BCUT2D eigenvalue weighted by molar-refractivity contribution is 0.0695. The molecule has 3 aliphatic rings. The van der Waals surface area contributed by atoms with E-state index in [0.717, 1.165) is 73.9 Å². The summed E-state index contributed by atoms with van der Waals surface area (Å²) in [5.74, 6) is 3.60. The lowest BCUT2D eigenvalue weighted by Gasteiger charge is -2.33. The van der Waals surface area contributed by atoms with Crippen LogP contribution in [0.15, 0.2) is 30.3 Å². The van der Waals surface area contributed by atoms with Crippen molar-refractivity contribution in [3.05, 3.63) is 47.0 Å². The van der Waals surface area contributed by atoms with E-state index in [1.54, 1.807) is 14.2 Å². The number of methoxy groups -OCH3 is 2. The summed E-state index contributed by atoms with van der Waals surface area (Å²) < 4.78 is 21.8. The Bertz CT molecular complexity index is 1040. The third-order valence-corrected chi connectivity index (χ3v) is 7.26. The first kappa shape index (κ1) is 22.8. The summed E-state index contributed by atoms with van der Waals surface area (Å²) in [6.45, 7) is 4.98. The molecule has 1 atom stereocenters. The summed E-state index contributed by atoms with van der Waals surface area (Å²) in [6, 6.07) is 10.0. The molecule has 0 spiro atoms. The summed E-state index contributed by atoms with van der Waals surface area (Å²) in [4.78, 5) is 17.9. The normalized spacial score (nSPS) is 20.1. The van der Waals surface area contributed by atoms with Gasteiger partial charge in [-0.05, 0) is 73.5 Å². The summed E-state index contributed by atoms with van der Waals surface area (Å²) in [5.41, 5.74) is 3.09. The van der Waals surface area contributed by atoms with E-state index < -0.39 is 0 Å². The minimum absolute atomic E-state index is 0.126. The monoisotopic (exact) mass is 466 g/mol. The van der Waals surface area contributed by atoms with E-state index >= 15 is 0 Å². The first-order valence-electron chi connectivity index (χ1n) is 12.3. The Balaban J connectivity index is 1.20. The first-order valence-corrected chi connectivity index (χ1v) is 12.3. The van der Waals surface area contributed by atoms with Crippen LogP contribution in [0.5, 0.6) is 23.0 Å². The van der Waals surface area contributed by atoms with Gasteiger partial charge in [-0.25, -0.2) is 0 Å². The molecule has 2 aromatic rings. The lowest BCUT2D eigenvalue weighted by Crippen LogP contribution is -2.43. The molecule has 1 unspecified atom stereocenters. The molecule has 0 saturated carbocycles. The van der Waals surface area contributed by atoms with Crippen LogP contribution in [-0.2, 0) is 12.8 Å². The highest BCUT2D eigenvalue weighted by molar-refractivity contribution is 5.97. The maximum atomic E-state index is 13.3. The zero-order valence-corrected chi connectivity index (χ0v) is 20.2. The van der Waals surface area contributed by atoms with Crippen molar-refractivity contribution in [3.8, 4) is 23.0 Å². The van der Waals surface area contributed by atoms with Crippen LogP contribution in [0.25, 0.3) is 0 Å². The molecule has 3 heterocycles. The molecule has 0 aliphatic carbocycles. The van der Waals surface area contributed by atoms with E-state index in [-0.39, 0.29) is 12.7 Å². The van der Waals surface area contributed by atoms with E-state index in [0.29, 0.717) is 11.7 Å². The molecule has 5 rings (SSSR count). The Morgan fingerprint density at radius 1 is 1.00 bits per heavy atom. The molecule has 1 saturated heterocycles. The molecule has 1 fully saturated rings. The third-order valence-electron chi connectivity index (χ3n) is 7.26. The fraction of sp³-hybridized carbons (Fsp3) is 0.519. The highest BCUT2D eigenvalue weighted by Gasteiger charge is 2.30. The van der Waals surface area contributed by atoms with E-state index in [4.69, 9.17) is 18.9 Å². The van der Waals surface area contributed by atoms with Crippen molar-refractivity contribution in [1.29, 1.82) is 0 Å². The van der Waals surface area contributed by atoms with Crippen molar-refractivity contribution in [2.45, 2.75) is 32.1 Å². The highest BCUT2D eigenvalue weighted by atomic mass is 16.7. The first-order chi connectivity index (χ1) is 16.6. The molecule has 7 nitrogen and oxygen atoms in total. The number of amides is 1. The molecular formula is C27H34N2O5. The molecule has 2 aromatic carbocycles. The van der Waals surface area contributed by atoms with Crippen LogP contribution in [0.3, 0.4) is 0 Å². The van der Waals surface area contributed by atoms with Gasteiger partial charge in [-0.15, -0.1) is 0 Å². The van der Waals surface area contributed by atoms with Gasteiger partial charge in [0.25, 0.3) is 5.91 Å². The van der Waals surface area contributed by atoms with Crippen LogP contribution in [0.4, 0.5) is 0 Å². The number of likely N-dealkylation sites (tertiary alicyclic amines) is 1. The van der Waals surface area contributed by atoms with Gasteiger partial charge in [0, 0.05) is 31.7 Å². The zero-order chi connectivity index (χ0) is 23.5. The Morgan fingerprint density at radius 2 is 1.82 bits per heavy atom. The largest absolute Gasteiger partial charge is 0.493 e. The van der Waals surface area contributed by atoms with Crippen LogP contribution in [0.1, 0.15) is 40.7 Å². The second kappa shape index (κ2) is 10.1. The smallest absolute Gasteiger partial charge is 0.254 e. The van der Waals surface area contributed by atoms with Crippen LogP contribution >= 0.6 is 0 Å². The van der Waals surface area contributed by atoms with E-state index in [1.165, 1.54) is 24.8 Å². The van der Waals surface area contributed by atoms with Crippen molar-refractivity contribution >= 4 is 5.91 Å². The predicted molar refractivity (Wildman–Crippen MR) is 129 cm³/mol. The molecule has 182 valence electrons. The molecule has 34 heavy (non-hydrogen) atoms. The van der Waals surface area contributed by atoms with E-state index in [1.807, 2.05) is 23.1 Å². The van der Waals surface area contributed by atoms with Crippen molar-refractivity contribution in [2.24, 2.45) is 5.92 Å². The number of benzene rings is 2. The minimum Gasteiger partial charge on any atom is -0.493 e. The number of rotatable bonds is 7. The number of nitrogens with zero attached hydrogens (tertiary/aromatic N) is 2. The fourth-order valence-electron chi connectivity index (χ4n) is 5.39. The van der Waals surface area contributed by atoms with Gasteiger partial charge in [-0.3, -0.25) is 4.79 Å². The van der Waals surface area contributed by atoms with Crippen LogP contribution in [-0.4, -0.2) is 69.4 Å². The molecule has 0 N–H and O–H groups in total. The molecule has 7 heteroatoms. The number of carbonyl (C=O) groups is 1. The van der Waals surface area contributed by atoms with Crippen LogP contribution in [0.2, 0.25) is 0 Å². The van der Waals surface area contributed by atoms with Gasteiger partial charge in [-0.2, -0.15) is 0 Å². The molecule has 3 aliphatic heterocycles. The molecule has 0 bridgehead atoms. The second-order valence-corrected chi connectivity index (χ2v) is 9.47. The standard InChI is InChI=1S/C27H34N2O5/c1-31-23-7-6-19(13-24(23)32-2)8-11-28-10-4-3-5-20(16-28)17-29-12-9-21-14-25-26(34-18-33-25)15-22(21)27(29)30/h6-7,13-15,20H,3-5,8-12,16-18H2,1-2H3. The maximum absolute atomic E-state index is 13.3. The van der Waals surface area contributed by atoms with Gasteiger partial charge in [0.2, 0.25) is 6.79 Å². The summed E-state index contributed by atoms with van der Waals surface area (Å²) in [7, 11) is 3.34. The molecular weight excluding hydrogens is 432 g/mol. The summed E-state index contributed by atoms with van der Waals surface area (Å²) in [6.07, 6.45) is 5.44. The van der Waals surface area contributed by atoms with Gasteiger partial charge in [-0.1, -0.05) is 12.5 Å². The van der Waals surface area contributed by atoms with Gasteiger partial charge in [0.05, 0.1) is 14.2 Å². The number of ether oxygens (including phenoxy) is 4. The van der Waals surface area contributed by atoms with Crippen LogP contribution in [0, 0.1) is 5.92 Å². The minimum atomic E-state index is 0.126. The Hall–Kier alpha value is -2.93. The van der Waals surface area contributed by atoms with Crippen molar-refractivity contribution < 1.29 is 23.7 Å². The zero-order valence-electron chi connectivity index (χ0n) is 20.2. The summed E-state index contributed by atoms with van der Waals surface area (Å²) in [5, 5.41) is 0. The third kappa shape index (κ3) is 4.80. The fourth-order valence-corrected chi connectivity index (χ4v) is 5.39. The van der Waals surface area contributed by atoms with Gasteiger partial charge < -0.3 is 28.7 Å². The molecule has 0 aromatic heterocycles. The maximum Gasteiger partial charge on any atom is 0.254 e. The summed E-state index contributed by atoms with van der Waals surface area (Å²) >= 11 is 0. The highest BCUT2D eigenvalue weighted by Crippen LogP contribution is 2.37. The van der Waals surface area contributed by atoms with Gasteiger partial charge in [0.1, 0.15) is 0 Å². The van der Waals surface area contributed by atoms with Crippen molar-refractivity contribution in [1.82, 2.24) is 9.80 Å². The van der Waals surface area contributed by atoms with E-state index in [2.05, 4.69) is 17.0 Å². The van der Waals surface area contributed by atoms with E-state index in [9.17, 15) is 4.79 Å².